The van der Waals surface area contributed by atoms with E-state index in [2.05, 4.69) is 10.4 Å². The molecule has 2 heterocycles. The summed E-state index contributed by atoms with van der Waals surface area (Å²) in [5.41, 5.74) is 1.90. The van der Waals surface area contributed by atoms with Gasteiger partial charge in [-0.1, -0.05) is 30.3 Å². The molecule has 6 heteroatoms. The molecule has 126 valence electrons. The maximum absolute atomic E-state index is 12.4. The van der Waals surface area contributed by atoms with Crippen LogP contribution in [0.5, 0.6) is 11.5 Å². The Morgan fingerprint density at radius 3 is 2.76 bits per heavy atom. The quantitative estimate of drug-likeness (QED) is 0.795. The number of carbonyl (C=O) groups is 1. The van der Waals surface area contributed by atoms with Crippen molar-refractivity contribution in [2.45, 2.75) is 12.6 Å². The topological polar surface area (TPSA) is 65.4 Å². The summed E-state index contributed by atoms with van der Waals surface area (Å²) in [5.74, 6) is 1.05. The molecule has 1 amide bonds. The van der Waals surface area contributed by atoms with Crippen LogP contribution >= 0.6 is 0 Å². The van der Waals surface area contributed by atoms with E-state index >= 15 is 0 Å². The van der Waals surface area contributed by atoms with Crippen molar-refractivity contribution in [2.75, 3.05) is 6.61 Å². The highest BCUT2D eigenvalue weighted by Crippen LogP contribution is 2.30. The molecule has 1 atom stereocenters. The van der Waals surface area contributed by atoms with Gasteiger partial charge in [-0.15, -0.1) is 0 Å². The summed E-state index contributed by atoms with van der Waals surface area (Å²) in [6.45, 7) is 0.583. The van der Waals surface area contributed by atoms with Gasteiger partial charge in [0.15, 0.2) is 11.5 Å². The number of rotatable bonds is 4. The minimum Gasteiger partial charge on any atom is -0.485 e. The van der Waals surface area contributed by atoms with E-state index in [0.717, 1.165) is 11.3 Å². The van der Waals surface area contributed by atoms with Gasteiger partial charge >= 0.3 is 0 Å². The van der Waals surface area contributed by atoms with Gasteiger partial charge in [-0.2, -0.15) is 5.10 Å². The van der Waals surface area contributed by atoms with Gasteiger partial charge in [0, 0.05) is 18.9 Å². The van der Waals surface area contributed by atoms with E-state index in [1.165, 1.54) is 0 Å². The smallest absolute Gasteiger partial charge is 0.264 e. The lowest BCUT2D eigenvalue weighted by molar-refractivity contribution is -0.130. The number of nitrogens with one attached hydrogen (secondary N) is 1. The second kappa shape index (κ2) is 6.68. The van der Waals surface area contributed by atoms with Gasteiger partial charge in [0.25, 0.3) is 5.91 Å². The maximum Gasteiger partial charge on any atom is 0.264 e. The molecule has 2 aromatic carbocycles. The van der Waals surface area contributed by atoms with E-state index in [1.807, 2.05) is 54.7 Å². The van der Waals surface area contributed by atoms with E-state index in [0.29, 0.717) is 18.0 Å². The normalized spacial score (nSPS) is 15.6. The SMILES string of the molecule is O=C(NCc1ccccc1-n1cccn1)[C@H]1COc2ccccc2O1. The van der Waals surface area contributed by atoms with Crippen molar-refractivity contribution in [3.05, 3.63) is 72.6 Å². The fourth-order valence-electron chi connectivity index (χ4n) is 2.74. The zero-order valence-electron chi connectivity index (χ0n) is 13.5. The van der Waals surface area contributed by atoms with Gasteiger partial charge in [-0.05, 0) is 29.8 Å². The third-order valence-electron chi connectivity index (χ3n) is 4.00. The predicted molar refractivity (Wildman–Crippen MR) is 91.8 cm³/mol. The second-order valence-electron chi connectivity index (χ2n) is 5.66. The fraction of sp³-hybridized carbons (Fsp3) is 0.158. The number of hydrogen-bond donors (Lipinski definition) is 1. The van der Waals surface area contributed by atoms with Crippen LogP contribution in [0.4, 0.5) is 0 Å². The molecule has 0 spiro atoms. The molecule has 25 heavy (non-hydrogen) atoms. The number of fused-ring (bicyclic) bond motifs is 1. The first-order valence-electron chi connectivity index (χ1n) is 8.05. The molecule has 4 rings (SSSR count). The molecule has 1 aliphatic rings. The maximum atomic E-state index is 12.4. The highest BCUT2D eigenvalue weighted by molar-refractivity contribution is 5.81. The minimum absolute atomic E-state index is 0.198. The Labute approximate surface area is 145 Å². The lowest BCUT2D eigenvalue weighted by atomic mass is 10.1. The Morgan fingerprint density at radius 2 is 1.92 bits per heavy atom. The first-order chi connectivity index (χ1) is 12.3. The highest BCUT2D eigenvalue weighted by Gasteiger charge is 2.27. The van der Waals surface area contributed by atoms with Crippen LogP contribution in [0, 0.1) is 0 Å². The van der Waals surface area contributed by atoms with Gasteiger partial charge in [0.05, 0.1) is 5.69 Å². The van der Waals surface area contributed by atoms with Gasteiger partial charge in [-0.25, -0.2) is 4.68 Å². The van der Waals surface area contributed by atoms with Crippen LogP contribution in [0.1, 0.15) is 5.56 Å². The predicted octanol–water partition coefficient (Wildman–Crippen LogP) is 2.33. The average Bonchev–Trinajstić information content (AvgIpc) is 3.20. The Balaban J connectivity index is 1.44. The van der Waals surface area contributed by atoms with Crippen LogP contribution in [0.15, 0.2) is 67.0 Å². The average molecular weight is 335 g/mol. The van der Waals surface area contributed by atoms with E-state index in [1.54, 1.807) is 16.9 Å². The number of amides is 1. The van der Waals surface area contributed by atoms with Crippen LogP contribution in [0.2, 0.25) is 0 Å². The number of carbonyl (C=O) groups excluding carboxylic acids is 1. The third kappa shape index (κ3) is 3.19. The van der Waals surface area contributed by atoms with Crippen molar-refractivity contribution >= 4 is 5.91 Å². The molecule has 1 N–H and O–H groups in total. The van der Waals surface area contributed by atoms with Crippen LogP contribution in [0.25, 0.3) is 5.69 Å². The van der Waals surface area contributed by atoms with Crippen LogP contribution < -0.4 is 14.8 Å². The second-order valence-corrected chi connectivity index (χ2v) is 5.66. The summed E-state index contributed by atoms with van der Waals surface area (Å²) in [6, 6.07) is 17.0. The van der Waals surface area contributed by atoms with E-state index < -0.39 is 6.10 Å². The number of ether oxygens (including phenoxy) is 2. The van der Waals surface area contributed by atoms with Gasteiger partial charge in [-0.3, -0.25) is 4.79 Å². The summed E-state index contributed by atoms with van der Waals surface area (Å²) in [5, 5.41) is 7.17. The molecule has 1 aromatic heterocycles. The molecular weight excluding hydrogens is 318 g/mol. The molecule has 6 nitrogen and oxygen atoms in total. The highest BCUT2D eigenvalue weighted by atomic mass is 16.6. The molecule has 0 saturated heterocycles. The molecule has 1 aliphatic heterocycles. The number of benzene rings is 2. The van der Waals surface area contributed by atoms with E-state index in [4.69, 9.17) is 9.47 Å². The van der Waals surface area contributed by atoms with Gasteiger partial charge < -0.3 is 14.8 Å². The summed E-state index contributed by atoms with van der Waals surface area (Å²) < 4.78 is 13.1. The zero-order valence-corrected chi connectivity index (χ0v) is 13.5. The van der Waals surface area contributed by atoms with Crippen molar-refractivity contribution in [3.63, 3.8) is 0 Å². The number of nitrogens with zero attached hydrogens (tertiary/aromatic N) is 2. The number of para-hydroxylation sites is 3. The molecule has 0 radical (unpaired) electrons. The molecule has 0 saturated carbocycles. The van der Waals surface area contributed by atoms with Crippen LogP contribution in [-0.2, 0) is 11.3 Å². The number of hydrogen-bond acceptors (Lipinski definition) is 4. The van der Waals surface area contributed by atoms with Crippen molar-refractivity contribution in [1.29, 1.82) is 0 Å². The monoisotopic (exact) mass is 335 g/mol. The Kier molecular flexibility index (Phi) is 4.08. The third-order valence-corrected chi connectivity index (χ3v) is 4.00. The zero-order chi connectivity index (χ0) is 17.1. The Hall–Kier alpha value is -3.28. The molecule has 3 aromatic rings. The molecule has 0 aliphatic carbocycles. The van der Waals surface area contributed by atoms with Crippen molar-refractivity contribution in [3.8, 4) is 17.2 Å². The van der Waals surface area contributed by atoms with Gasteiger partial charge in [0.1, 0.15) is 6.61 Å². The van der Waals surface area contributed by atoms with Crippen molar-refractivity contribution in [2.24, 2.45) is 0 Å². The Bertz CT molecular complexity index is 877. The lowest BCUT2D eigenvalue weighted by Gasteiger charge is -2.25. The molecule has 0 fully saturated rings. The lowest BCUT2D eigenvalue weighted by Crippen LogP contribution is -2.43. The van der Waals surface area contributed by atoms with Crippen LogP contribution in [0.3, 0.4) is 0 Å². The molecule has 0 unspecified atom stereocenters. The van der Waals surface area contributed by atoms with Crippen molar-refractivity contribution in [1.82, 2.24) is 15.1 Å². The molecular formula is C19H17N3O3. The first-order valence-corrected chi connectivity index (χ1v) is 8.05. The fourth-order valence-corrected chi connectivity index (χ4v) is 2.74. The summed E-state index contributed by atoms with van der Waals surface area (Å²) in [4.78, 5) is 12.4. The first kappa shape index (κ1) is 15.3. The molecule has 0 bridgehead atoms. The minimum atomic E-state index is -0.660. The van der Waals surface area contributed by atoms with Gasteiger partial charge in [0.2, 0.25) is 6.10 Å². The van der Waals surface area contributed by atoms with E-state index in [9.17, 15) is 4.79 Å². The summed E-state index contributed by atoms with van der Waals surface area (Å²) >= 11 is 0. The Morgan fingerprint density at radius 1 is 1.12 bits per heavy atom. The number of aromatic nitrogens is 2. The largest absolute Gasteiger partial charge is 0.485 e. The van der Waals surface area contributed by atoms with E-state index in [-0.39, 0.29) is 12.5 Å². The summed E-state index contributed by atoms with van der Waals surface area (Å²) in [6.07, 6.45) is 2.93. The standard InChI is InChI=1S/C19H17N3O3/c23-19(18-13-24-16-8-3-4-9-17(16)25-18)20-12-14-6-1-2-7-15(14)22-11-5-10-21-22/h1-11,18H,12-13H2,(H,20,23)/t18-/m1/s1. The van der Waals surface area contributed by atoms with Crippen LogP contribution in [-0.4, -0.2) is 28.4 Å². The van der Waals surface area contributed by atoms with Crippen molar-refractivity contribution < 1.29 is 14.3 Å². The summed E-state index contributed by atoms with van der Waals surface area (Å²) in [7, 11) is 0.